The maximum atomic E-state index is 5.85. The molecule has 0 saturated heterocycles. The summed E-state index contributed by atoms with van der Waals surface area (Å²) in [6.45, 7) is 1.91. The fourth-order valence-electron chi connectivity index (χ4n) is 1.88. The molecule has 0 aliphatic carbocycles. The molecule has 0 radical (unpaired) electrons. The van der Waals surface area contributed by atoms with Crippen LogP contribution in [0.4, 0.5) is 0 Å². The van der Waals surface area contributed by atoms with Gasteiger partial charge in [-0.3, -0.25) is 0 Å². The molecule has 0 spiro atoms. The lowest BCUT2D eigenvalue weighted by atomic mass is 10.1. The van der Waals surface area contributed by atoms with Crippen LogP contribution in [0.2, 0.25) is 0 Å². The maximum Gasteiger partial charge on any atom is 0.158 e. The Bertz CT molecular complexity index is 513. The predicted octanol–water partition coefficient (Wildman–Crippen LogP) is 2.23. The van der Waals surface area contributed by atoms with Crippen LogP contribution in [0.3, 0.4) is 0 Å². The molecule has 17 heavy (non-hydrogen) atoms. The van der Waals surface area contributed by atoms with Gasteiger partial charge in [0.15, 0.2) is 11.1 Å². The zero-order valence-electron chi connectivity index (χ0n) is 9.46. The van der Waals surface area contributed by atoms with Gasteiger partial charge >= 0.3 is 0 Å². The van der Waals surface area contributed by atoms with Crippen molar-refractivity contribution in [2.45, 2.75) is 25.5 Å². The molecule has 3 rings (SSSR count). The number of aromatic nitrogens is 2. The van der Waals surface area contributed by atoms with E-state index in [-0.39, 0.29) is 12.1 Å². The molecule has 1 aromatic carbocycles. The first-order chi connectivity index (χ1) is 8.24. The molecule has 0 saturated carbocycles. The van der Waals surface area contributed by atoms with Crippen molar-refractivity contribution in [3.05, 3.63) is 39.8 Å². The quantitative estimate of drug-likeness (QED) is 0.884. The van der Waals surface area contributed by atoms with Crippen molar-refractivity contribution in [2.24, 2.45) is 5.73 Å². The van der Waals surface area contributed by atoms with E-state index < -0.39 is 0 Å². The molecule has 4 nitrogen and oxygen atoms in total. The van der Waals surface area contributed by atoms with Gasteiger partial charge in [0.2, 0.25) is 0 Å². The van der Waals surface area contributed by atoms with Crippen LogP contribution >= 0.6 is 11.3 Å². The van der Waals surface area contributed by atoms with Crippen LogP contribution in [0.1, 0.15) is 34.6 Å². The number of ether oxygens (including phenoxy) is 1. The molecular formula is C12H13N3OS. The molecule has 0 fully saturated rings. The molecule has 0 amide bonds. The number of para-hydroxylation sites is 1. The highest BCUT2D eigenvalue weighted by Gasteiger charge is 2.27. The van der Waals surface area contributed by atoms with Gasteiger partial charge in [-0.2, -0.15) is 0 Å². The molecular weight excluding hydrogens is 234 g/mol. The number of benzene rings is 1. The van der Waals surface area contributed by atoms with Crippen molar-refractivity contribution in [1.29, 1.82) is 0 Å². The third kappa shape index (κ3) is 1.92. The Hall–Kier alpha value is -1.46. The number of nitrogens with two attached hydrogens (primary N) is 1. The van der Waals surface area contributed by atoms with E-state index in [0.29, 0.717) is 0 Å². The average Bonchev–Trinajstić information content (AvgIpc) is 2.95. The molecule has 2 heterocycles. The molecule has 1 aromatic heterocycles. The maximum absolute atomic E-state index is 5.85. The van der Waals surface area contributed by atoms with Crippen molar-refractivity contribution in [2.75, 3.05) is 0 Å². The molecule has 0 bridgehead atoms. The zero-order chi connectivity index (χ0) is 11.8. The summed E-state index contributed by atoms with van der Waals surface area (Å²) < 4.78 is 5.85. The van der Waals surface area contributed by atoms with E-state index in [1.54, 1.807) is 0 Å². The smallest absolute Gasteiger partial charge is 0.158 e. The number of hydrogen-bond acceptors (Lipinski definition) is 5. The second kappa shape index (κ2) is 4.09. The standard InChI is InChI=1S/C12H13N3OS/c1-7(13)11-14-15-12(17-11)10-6-8-4-2-3-5-9(8)16-10/h2-5,7,10H,6,13H2,1H3. The molecule has 88 valence electrons. The molecule has 2 N–H and O–H groups in total. The fraction of sp³-hybridized carbons (Fsp3) is 0.333. The van der Waals surface area contributed by atoms with E-state index >= 15 is 0 Å². The molecule has 1 aliphatic heterocycles. The molecule has 2 atom stereocenters. The van der Waals surface area contributed by atoms with Crippen LogP contribution in [0.25, 0.3) is 0 Å². The van der Waals surface area contributed by atoms with Gasteiger partial charge in [-0.1, -0.05) is 29.5 Å². The second-order valence-corrected chi connectivity index (χ2v) is 5.23. The van der Waals surface area contributed by atoms with E-state index in [2.05, 4.69) is 16.3 Å². The van der Waals surface area contributed by atoms with Gasteiger partial charge in [0.1, 0.15) is 10.8 Å². The van der Waals surface area contributed by atoms with E-state index in [1.807, 2.05) is 25.1 Å². The lowest BCUT2D eigenvalue weighted by Gasteiger charge is -2.05. The third-order valence-electron chi connectivity index (χ3n) is 2.77. The second-order valence-electron chi connectivity index (χ2n) is 4.19. The number of fused-ring (bicyclic) bond motifs is 1. The first-order valence-electron chi connectivity index (χ1n) is 5.57. The van der Waals surface area contributed by atoms with Crippen LogP contribution in [0.5, 0.6) is 5.75 Å². The molecule has 2 unspecified atom stereocenters. The summed E-state index contributed by atoms with van der Waals surface area (Å²) in [4.78, 5) is 0. The molecule has 5 heteroatoms. The fourth-order valence-corrected chi connectivity index (χ4v) is 2.71. The third-order valence-corrected chi connectivity index (χ3v) is 3.98. The lowest BCUT2D eigenvalue weighted by Crippen LogP contribution is -2.03. The average molecular weight is 247 g/mol. The van der Waals surface area contributed by atoms with Crippen LogP contribution in [-0.4, -0.2) is 10.2 Å². The summed E-state index contributed by atoms with van der Waals surface area (Å²) in [5, 5.41) is 10.0. The van der Waals surface area contributed by atoms with Gasteiger partial charge in [0, 0.05) is 6.42 Å². The Kier molecular flexibility index (Phi) is 2.57. The number of rotatable bonds is 2. The molecule has 2 aromatic rings. The first kappa shape index (κ1) is 10.7. The predicted molar refractivity (Wildman–Crippen MR) is 66.0 cm³/mol. The van der Waals surface area contributed by atoms with E-state index in [4.69, 9.17) is 10.5 Å². The Morgan fingerprint density at radius 1 is 1.41 bits per heavy atom. The van der Waals surface area contributed by atoms with Gasteiger partial charge < -0.3 is 10.5 Å². The van der Waals surface area contributed by atoms with Crippen LogP contribution in [0.15, 0.2) is 24.3 Å². The van der Waals surface area contributed by atoms with Crippen LogP contribution in [-0.2, 0) is 6.42 Å². The Morgan fingerprint density at radius 3 is 2.94 bits per heavy atom. The van der Waals surface area contributed by atoms with Crippen LogP contribution in [0, 0.1) is 0 Å². The van der Waals surface area contributed by atoms with Gasteiger partial charge in [-0.15, -0.1) is 10.2 Å². The van der Waals surface area contributed by atoms with Crippen molar-refractivity contribution >= 4 is 11.3 Å². The summed E-state index contributed by atoms with van der Waals surface area (Å²) in [6, 6.07) is 8.02. The van der Waals surface area contributed by atoms with E-state index in [9.17, 15) is 0 Å². The Balaban J connectivity index is 1.84. The monoisotopic (exact) mass is 247 g/mol. The summed E-state index contributed by atoms with van der Waals surface area (Å²) in [7, 11) is 0. The summed E-state index contributed by atoms with van der Waals surface area (Å²) in [6.07, 6.45) is 0.862. The summed E-state index contributed by atoms with van der Waals surface area (Å²) in [5.41, 5.74) is 7.01. The van der Waals surface area contributed by atoms with Crippen molar-refractivity contribution in [3.63, 3.8) is 0 Å². The number of nitrogens with zero attached hydrogens (tertiary/aromatic N) is 2. The first-order valence-corrected chi connectivity index (χ1v) is 6.39. The number of hydrogen-bond donors (Lipinski definition) is 1. The molecule has 1 aliphatic rings. The van der Waals surface area contributed by atoms with Crippen molar-refractivity contribution in [1.82, 2.24) is 10.2 Å². The highest BCUT2D eigenvalue weighted by Crippen LogP contribution is 2.37. The minimum atomic E-state index is -0.0648. The minimum Gasteiger partial charge on any atom is -0.483 e. The normalized spacial score (nSPS) is 19.8. The summed E-state index contributed by atoms with van der Waals surface area (Å²) in [5.74, 6) is 0.954. The van der Waals surface area contributed by atoms with Gasteiger partial charge in [0.05, 0.1) is 6.04 Å². The Morgan fingerprint density at radius 2 is 2.24 bits per heavy atom. The highest BCUT2D eigenvalue weighted by atomic mass is 32.1. The van der Waals surface area contributed by atoms with E-state index in [0.717, 1.165) is 22.2 Å². The van der Waals surface area contributed by atoms with Crippen LogP contribution < -0.4 is 10.5 Å². The van der Waals surface area contributed by atoms with Crippen molar-refractivity contribution in [3.8, 4) is 5.75 Å². The van der Waals surface area contributed by atoms with Gasteiger partial charge in [-0.05, 0) is 18.6 Å². The highest BCUT2D eigenvalue weighted by molar-refractivity contribution is 7.11. The Labute approximate surface area is 103 Å². The van der Waals surface area contributed by atoms with Crippen molar-refractivity contribution < 1.29 is 4.74 Å². The van der Waals surface area contributed by atoms with Gasteiger partial charge in [-0.25, -0.2) is 0 Å². The minimum absolute atomic E-state index is 0.00241. The zero-order valence-corrected chi connectivity index (χ0v) is 10.3. The topological polar surface area (TPSA) is 61.0 Å². The SMILES string of the molecule is CC(N)c1nnc(C2Cc3ccccc3O2)s1. The lowest BCUT2D eigenvalue weighted by molar-refractivity contribution is 0.237. The summed E-state index contributed by atoms with van der Waals surface area (Å²) >= 11 is 1.54. The van der Waals surface area contributed by atoms with Gasteiger partial charge in [0.25, 0.3) is 0 Å². The van der Waals surface area contributed by atoms with E-state index in [1.165, 1.54) is 16.9 Å². The largest absolute Gasteiger partial charge is 0.483 e.